The van der Waals surface area contributed by atoms with E-state index in [0.29, 0.717) is 6.04 Å². The first-order chi connectivity index (χ1) is 9.04. The van der Waals surface area contributed by atoms with Gasteiger partial charge in [0.05, 0.1) is 0 Å². The minimum absolute atomic E-state index is 0.150. The second kappa shape index (κ2) is 6.40. The predicted octanol–water partition coefficient (Wildman–Crippen LogP) is 5.15. The molecule has 1 aromatic carbocycles. The van der Waals surface area contributed by atoms with Crippen molar-refractivity contribution >= 4 is 5.69 Å². The van der Waals surface area contributed by atoms with Gasteiger partial charge in [-0.1, -0.05) is 32.8 Å². The summed E-state index contributed by atoms with van der Waals surface area (Å²) in [6.45, 7) is 6.64. The van der Waals surface area contributed by atoms with Crippen LogP contribution in [0.4, 0.5) is 10.1 Å². The monoisotopic (exact) mass is 263 g/mol. The maximum atomic E-state index is 13.3. The second-order valence-electron chi connectivity index (χ2n) is 6.46. The van der Waals surface area contributed by atoms with Crippen LogP contribution in [0.1, 0.15) is 51.5 Å². The highest BCUT2D eigenvalue weighted by Gasteiger charge is 2.22. The second-order valence-corrected chi connectivity index (χ2v) is 6.46. The molecule has 106 valence electrons. The van der Waals surface area contributed by atoms with Crippen LogP contribution in [0.5, 0.6) is 0 Å². The molecule has 0 bridgehead atoms. The van der Waals surface area contributed by atoms with E-state index >= 15 is 0 Å². The highest BCUT2D eigenvalue weighted by Crippen LogP contribution is 2.31. The normalized spacial score (nSPS) is 23.6. The summed E-state index contributed by atoms with van der Waals surface area (Å²) in [6, 6.07) is 5.52. The van der Waals surface area contributed by atoms with Crippen molar-refractivity contribution in [2.75, 3.05) is 5.32 Å². The largest absolute Gasteiger partial charge is 0.382 e. The van der Waals surface area contributed by atoms with E-state index < -0.39 is 0 Å². The third-order valence-electron chi connectivity index (χ3n) is 4.15. The molecular formula is C17H26FN. The highest BCUT2D eigenvalue weighted by atomic mass is 19.1. The van der Waals surface area contributed by atoms with Gasteiger partial charge < -0.3 is 5.32 Å². The van der Waals surface area contributed by atoms with E-state index in [-0.39, 0.29) is 5.82 Å². The SMILES string of the molecule is Cc1ccc(F)cc1NC1CCCC(CC(C)C)C1. The van der Waals surface area contributed by atoms with Crippen molar-refractivity contribution in [1.82, 2.24) is 0 Å². The lowest BCUT2D eigenvalue weighted by Gasteiger charge is -2.31. The fourth-order valence-corrected chi connectivity index (χ4v) is 3.27. The average molecular weight is 263 g/mol. The third-order valence-corrected chi connectivity index (χ3v) is 4.15. The highest BCUT2D eigenvalue weighted by molar-refractivity contribution is 5.51. The number of anilines is 1. The van der Waals surface area contributed by atoms with Crippen LogP contribution in [-0.4, -0.2) is 6.04 Å². The minimum Gasteiger partial charge on any atom is -0.382 e. The Labute approximate surface area is 116 Å². The van der Waals surface area contributed by atoms with Crippen LogP contribution in [0.25, 0.3) is 0 Å². The van der Waals surface area contributed by atoms with Crippen LogP contribution in [0.2, 0.25) is 0 Å². The lowest BCUT2D eigenvalue weighted by atomic mass is 9.81. The Hall–Kier alpha value is -1.05. The van der Waals surface area contributed by atoms with Gasteiger partial charge in [-0.05, 0) is 55.7 Å². The van der Waals surface area contributed by atoms with E-state index in [1.807, 2.05) is 13.0 Å². The van der Waals surface area contributed by atoms with Crippen LogP contribution in [0.3, 0.4) is 0 Å². The number of hydrogen-bond acceptors (Lipinski definition) is 1. The van der Waals surface area contributed by atoms with E-state index in [1.165, 1.54) is 38.2 Å². The molecule has 0 amide bonds. The van der Waals surface area contributed by atoms with Crippen molar-refractivity contribution in [3.05, 3.63) is 29.6 Å². The maximum absolute atomic E-state index is 13.3. The van der Waals surface area contributed by atoms with Gasteiger partial charge >= 0.3 is 0 Å². The molecule has 1 aromatic rings. The zero-order valence-corrected chi connectivity index (χ0v) is 12.4. The summed E-state index contributed by atoms with van der Waals surface area (Å²) in [7, 11) is 0. The summed E-state index contributed by atoms with van der Waals surface area (Å²) in [4.78, 5) is 0. The molecule has 19 heavy (non-hydrogen) atoms. The Morgan fingerprint density at radius 1 is 1.32 bits per heavy atom. The van der Waals surface area contributed by atoms with Gasteiger partial charge in [0, 0.05) is 11.7 Å². The van der Waals surface area contributed by atoms with Crippen molar-refractivity contribution in [2.45, 2.75) is 58.9 Å². The van der Waals surface area contributed by atoms with Crippen molar-refractivity contribution < 1.29 is 4.39 Å². The molecule has 1 aliphatic carbocycles. The first-order valence-electron chi connectivity index (χ1n) is 7.57. The van der Waals surface area contributed by atoms with Crippen molar-refractivity contribution in [3.8, 4) is 0 Å². The Bertz CT molecular complexity index is 414. The molecule has 0 spiro atoms. The van der Waals surface area contributed by atoms with Crippen LogP contribution < -0.4 is 5.32 Å². The Morgan fingerprint density at radius 3 is 2.84 bits per heavy atom. The van der Waals surface area contributed by atoms with Crippen LogP contribution in [0.15, 0.2) is 18.2 Å². The topological polar surface area (TPSA) is 12.0 Å². The molecular weight excluding hydrogens is 237 g/mol. The first-order valence-corrected chi connectivity index (χ1v) is 7.57. The van der Waals surface area contributed by atoms with Gasteiger partial charge in [0.2, 0.25) is 0 Å². The molecule has 2 heteroatoms. The molecule has 1 nitrogen and oxygen atoms in total. The fraction of sp³-hybridized carbons (Fsp3) is 0.647. The molecule has 2 rings (SSSR count). The number of aryl methyl sites for hydroxylation is 1. The maximum Gasteiger partial charge on any atom is 0.125 e. The summed E-state index contributed by atoms with van der Waals surface area (Å²) in [6.07, 6.45) is 6.42. The zero-order valence-electron chi connectivity index (χ0n) is 12.4. The predicted molar refractivity (Wildman–Crippen MR) is 80.0 cm³/mol. The van der Waals surface area contributed by atoms with Crippen molar-refractivity contribution in [2.24, 2.45) is 11.8 Å². The molecule has 1 fully saturated rings. The van der Waals surface area contributed by atoms with E-state index in [9.17, 15) is 4.39 Å². The average Bonchev–Trinajstić information content (AvgIpc) is 2.33. The van der Waals surface area contributed by atoms with Gasteiger partial charge in [-0.2, -0.15) is 0 Å². The smallest absolute Gasteiger partial charge is 0.125 e. The van der Waals surface area contributed by atoms with Gasteiger partial charge in [0.25, 0.3) is 0 Å². The van der Waals surface area contributed by atoms with Crippen molar-refractivity contribution in [3.63, 3.8) is 0 Å². The molecule has 1 saturated carbocycles. The lowest BCUT2D eigenvalue weighted by molar-refractivity contribution is 0.289. The summed E-state index contributed by atoms with van der Waals surface area (Å²) in [5.41, 5.74) is 2.10. The summed E-state index contributed by atoms with van der Waals surface area (Å²) < 4.78 is 13.3. The summed E-state index contributed by atoms with van der Waals surface area (Å²) in [5.74, 6) is 1.46. The molecule has 0 aromatic heterocycles. The van der Waals surface area contributed by atoms with E-state index in [2.05, 4.69) is 19.2 Å². The number of benzene rings is 1. The zero-order chi connectivity index (χ0) is 13.8. The fourth-order valence-electron chi connectivity index (χ4n) is 3.27. The third kappa shape index (κ3) is 4.22. The van der Waals surface area contributed by atoms with Crippen molar-refractivity contribution in [1.29, 1.82) is 0 Å². The van der Waals surface area contributed by atoms with E-state index in [0.717, 1.165) is 23.1 Å². The standard InChI is InChI=1S/C17H26FN/c1-12(2)9-14-5-4-6-16(10-14)19-17-11-15(18)8-7-13(17)3/h7-8,11-12,14,16,19H,4-6,9-10H2,1-3H3. The van der Waals surface area contributed by atoms with Crippen LogP contribution >= 0.6 is 0 Å². The molecule has 0 radical (unpaired) electrons. The van der Waals surface area contributed by atoms with Gasteiger partial charge in [-0.15, -0.1) is 0 Å². The van der Waals surface area contributed by atoms with E-state index in [4.69, 9.17) is 0 Å². The Morgan fingerprint density at radius 2 is 2.11 bits per heavy atom. The lowest BCUT2D eigenvalue weighted by Crippen LogP contribution is -2.28. The van der Waals surface area contributed by atoms with E-state index in [1.54, 1.807) is 6.07 Å². The summed E-state index contributed by atoms with van der Waals surface area (Å²) in [5, 5.41) is 3.55. The first kappa shape index (κ1) is 14.4. The minimum atomic E-state index is -0.150. The molecule has 1 N–H and O–H groups in total. The Balaban J connectivity index is 1.96. The molecule has 1 aliphatic rings. The number of halogens is 1. The van der Waals surface area contributed by atoms with Gasteiger partial charge in [0.15, 0.2) is 0 Å². The molecule has 0 heterocycles. The summed E-state index contributed by atoms with van der Waals surface area (Å²) >= 11 is 0. The van der Waals surface area contributed by atoms with Gasteiger partial charge in [0.1, 0.15) is 5.82 Å². The number of rotatable bonds is 4. The van der Waals surface area contributed by atoms with Crippen LogP contribution in [0, 0.1) is 24.6 Å². The molecule has 2 unspecified atom stereocenters. The quantitative estimate of drug-likeness (QED) is 0.792. The van der Waals surface area contributed by atoms with Gasteiger partial charge in [-0.25, -0.2) is 4.39 Å². The molecule has 0 aliphatic heterocycles. The van der Waals surface area contributed by atoms with Gasteiger partial charge in [-0.3, -0.25) is 0 Å². The Kier molecular flexibility index (Phi) is 4.84. The number of hydrogen-bond donors (Lipinski definition) is 1. The molecule has 2 atom stereocenters. The molecule has 0 saturated heterocycles. The number of nitrogens with one attached hydrogen (secondary N) is 1. The van der Waals surface area contributed by atoms with Crippen LogP contribution in [-0.2, 0) is 0 Å².